The van der Waals surface area contributed by atoms with Crippen LogP contribution in [0.25, 0.3) is 0 Å². The lowest BCUT2D eigenvalue weighted by atomic mass is 10.1. The fourth-order valence-electron chi connectivity index (χ4n) is 1.78. The molecule has 0 bridgehead atoms. The number of ether oxygens (including phenoxy) is 1. The maximum atomic E-state index is 13.0. The van der Waals surface area contributed by atoms with Crippen LogP contribution in [0.2, 0.25) is 0 Å². The number of aldehydes is 1. The molecule has 2 aromatic carbocycles. The molecule has 0 radical (unpaired) electrons. The molecule has 21 heavy (non-hydrogen) atoms. The summed E-state index contributed by atoms with van der Waals surface area (Å²) in [5.41, 5.74) is -0.339. The molecule has 0 atom stereocenters. The van der Waals surface area contributed by atoms with Gasteiger partial charge in [0.05, 0.1) is 5.56 Å². The smallest absolute Gasteiger partial charge is 0.420 e. The molecule has 0 amide bonds. The lowest BCUT2D eigenvalue weighted by Crippen LogP contribution is -2.08. The molecule has 2 aromatic rings. The van der Waals surface area contributed by atoms with Crippen molar-refractivity contribution in [2.45, 2.75) is 13.1 Å². The second-order valence-electron chi connectivity index (χ2n) is 4.38. The summed E-state index contributed by atoms with van der Waals surface area (Å²) >= 11 is 3.27. The van der Waals surface area contributed by atoms with E-state index in [0.717, 1.165) is 16.6 Å². The number of benzene rings is 2. The van der Waals surface area contributed by atoms with Crippen LogP contribution in [0.5, 0.6) is 11.5 Å². The molecule has 0 spiro atoms. The van der Waals surface area contributed by atoms with E-state index in [1.165, 1.54) is 6.07 Å². The lowest BCUT2D eigenvalue weighted by molar-refractivity contribution is -0.138. The normalized spacial score (nSPS) is 11.3. The van der Waals surface area contributed by atoms with E-state index in [1.807, 2.05) is 0 Å². The molecule has 2 nitrogen and oxygen atoms in total. The van der Waals surface area contributed by atoms with Gasteiger partial charge in [-0.3, -0.25) is 4.79 Å². The standard InChI is InChI=1S/C15H10BrF3O2/c1-9-6-11(16)3-5-13(9)21-14-4-2-10(8-20)7-12(14)15(17,18)19/h2-8H,1H3. The minimum absolute atomic E-state index is 0.0535. The Kier molecular flexibility index (Phi) is 4.37. The van der Waals surface area contributed by atoms with Crippen molar-refractivity contribution in [3.63, 3.8) is 0 Å². The number of aryl methyl sites for hydroxylation is 1. The average Bonchev–Trinajstić information content (AvgIpc) is 2.41. The second-order valence-corrected chi connectivity index (χ2v) is 5.30. The Hall–Kier alpha value is -1.82. The molecule has 0 aliphatic heterocycles. The van der Waals surface area contributed by atoms with Gasteiger partial charge in [0.25, 0.3) is 0 Å². The molecule has 0 saturated carbocycles. The molecule has 0 fully saturated rings. The van der Waals surface area contributed by atoms with Crippen LogP contribution in [0.4, 0.5) is 13.2 Å². The number of halogens is 4. The summed E-state index contributed by atoms with van der Waals surface area (Å²) in [6, 6.07) is 8.20. The molecule has 0 aliphatic rings. The summed E-state index contributed by atoms with van der Waals surface area (Å²) in [7, 11) is 0. The van der Waals surface area contributed by atoms with E-state index in [0.29, 0.717) is 17.6 Å². The van der Waals surface area contributed by atoms with Crippen LogP contribution < -0.4 is 4.74 Å². The van der Waals surface area contributed by atoms with Crippen molar-refractivity contribution < 1.29 is 22.7 Å². The van der Waals surface area contributed by atoms with Crippen LogP contribution in [0.3, 0.4) is 0 Å². The Balaban J connectivity index is 2.46. The average molecular weight is 359 g/mol. The summed E-state index contributed by atoms with van der Waals surface area (Å²) in [6.45, 7) is 1.73. The molecule has 6 heteroatoms. The third-order valence-electron chi connectivity index (χ3n) is 2.80. The van der Waals surface area contributed by atoms with Gasteiger partial charge < -0.3 is 4.74 Å². The third-order valence-corrected chi connectivity index (χ3v) is 3.30. The van der Waals surface area contributed by atoms with E-state index in [4.69, 9.17) is 4.74 Å². The molecule has 0 N–H and O–H groups in total. The van der Waals surface area contributed by atoms with Crippen molar-refractivity contribution in [2.75, 3.05) is 0 Å². The van der Waals surface area contributed by atoms with Crippen LogP contribution in [0, 0.1) is 6.92 Å². The fraction of sp³-hybridized carbons (Fsp3) is 0.133. The van der Waals surface area contributed by atoms with Gasteiger partial charge in [0, 0.05) is 10.0 Å². The van der Waals surface area contributed by atoms with Crippen LogP contribution in [-0.2, 0) is 6.18 Å². The number of rotatable bonds is 3. The monoisotopic (exact) mass is 358 g/mol. The van der Waals surface area contributed by atoms with Crippen molar-refractivity contribution in [2.24, 2.45) is 0 Å². The van der Waals surface area contributed by atoms with E-state index >= 15 is 0 Å². The van der Waals surface area contributed by atoms with Crippen LogP contribution in [0.15, 0.2) is 40.9 Å². The van der Waals surface area contributed by atoms with Gasteiger partial charge in [-0.25, -0.2) is 0 Å². The van der Waals surface area contributed by atoms with Crippen molar-refractivity contribution in [1.82, 2.24) is 0 Å². The van der Waals surface area contributed by atoms with Gasteiger partial charge in [-0.15, -0.1) is 0 Å². The van der Waals surface area contributed by atoms with Crippen LogP contribution in [0.1, 0.15) is 21.5 Å². The predicted molar refractivity (Wildman–Crippen MR) is 75.8 cm³/mol. The van der Waals surface area contributed by atoms with Gasteiger partial charge in [0.1, 0.15) is 17.8 Å². The number of carbonyl (C=O) groups is 1. The summed E-state index contributed by atoms with van der Waals surface area (Å²) in [5.74, 6) is -0.0129. The largest absolute Gasteiger partial charge is 0.456 e. The molecular weight excluding hydrogens is 349 g/mol. The third kappa shape index (κ3) is 3.64. The minimum atomic E-state index is -4.60. The Morgan fingerprint density at radius 1 is 1.10 bits per heavy atom. The molecule has 110 valence electrons. The van der Waals surface area contributed by atoms with E-state index < -0.39 is 11.7 Å². The zero-order chi connectivity index (χ0) is 15.6. The summed E-state index contributed by atoms with van der Waals surface area (Å²) < 4.78 is 45.3. The molecule has 0 unspecified atom stereocenters. The zero-order valence-electron chi connectivity index (χ0n) is 10.9. The first-order valence-corrected chi connectivity index (χ1v) is 6.71. The Labute approximate surface area is 127 Å². The first-order valence-electron chi connectivity index (χ1n) is 5.91. The Morgan fingerprint density at radius 2 is 1.76 bits per heavy atom. The van der Waals surface area contributed by atoms with E-state index in [2.05, 4.69) is 15.9 Å². The van der Waals surface area contributed by atoms with Gasteiger partial charge in [-0.2, -0.15) is 13.2 Å². The van der Waals surface area contributed by atoms with Gasteiger partial charge in [-0.05, 0) is 48.9 Å². The molecule has 2 rings (SSSR count). The van der Waals surface area contributed by atoms with Crippen molar-refractivity contribution in [1.29, 1.82) is 0 Å². The lowest BCUT2D eigenvalue weighted by Gasteiger charge is -2.15. The van der Waals surface area contributed by atoms with Gasteiger partial charge in [0.2, 0.25) is 0 Å². The maximum Gasteiger partial charge on any atom is 0.420 e. The molecular formula is C15H10BrF3O2. The number of hydrogen-bond donors (Lipinski definition) is 0. The molecule has 0 heterocycles. The summed E-state index contributed by atoms with van der Waals surface area (Å²) in [4.78, 5) is 10.6. The van der Waals surface area contributed by atoms with E-state index in [9.17, 15) is 18.0 Å². The number of carbonyl (C=O) groups excluding carboxylic acids is 1. The van der Waals surface area contributed by atoms with E-state index in [-0.39, 0.29) is 11.3 Å². The van der Waals surface area contributed by atoms with Crippen LogP contribution in [-0.4, -0.2) is 6.29 Å². The summed E-state index contributed by atoms with van der Waals surface area (Å²) in [6.07, 6.45) is -4.23. The predicted octanol–water partition coefficient (Wildman–Crippen LogP) is 5.38. The number of alkyl halides is 3. The van der Waals surface area contributed by atoms with Gasteiger partial charge in [0.15, 0.2) is 0 Å². The van der Waals surface area contributed by atoms with Gasteiger partial charge >= 0.3 is 6.18 Å². The first-order chi connectivity index (χ1) is 9.81. The zero-order valence-corrected chi connectivity index (χ0v) is 12.5. The highest BCUT2D eigenvalue weighted by atomic mass is 79.9. The van der Waals surface area contributed by atoms with Crippen LogP contribution >= 0.6 is 15.9 Å². The summed E-state index contributed by atoms with van der Waals surface area (Å²) in [5, 5.41) is 0. The van der Waals surface area contributed by atoms with Crippen molar-refractivity contribution >= 4 is 22.2 Å². The first kappa shape index (κ1) is 15.6. The van der Waals surface area contributed by atoms with Crippen molar-refractivity contribution in [3.8, 4) is 11.5 Å². The maximum absolute atomic E-state index is 13.0. The Bertz CT molecular complexity index is 681. The topological polar surface area (TPSA) is 26.3 Å². The Morgan fingerprint density at radius 3 is 2.33 bits per heavy atom. The molecule has 0 aliphatic carbocycles. The molecule has 0 aromatic heterocycles. The second kappa shape index (κ2) is 5.89. The highest BCUT2D eigenvalue weighted by Gasteiger charge is 2.35. The number of hydrogen-bond acceptors (Lipinski definition) is 2. The van der Waals surface area contributed by atoms with E-state index in [1.54, 1.807) is 25.1 Å². The fourth-order valence-corrected chi connectivity index (χ4v) is 2.25. The highest BCUT2D eigenvalue weighted by Crippen LogP contribution is 2.39. The molecule has 0 saturated heterocycles. The quantitative estimate of drug-likeness (QED) is 0.688. The SMILES string of the molecule is Cc1cc(Br)ccc1Oc1ccc(C=O)cc1C(F)(F)F. The highest BCUT2D eigenvalue weighted by molar-refractivity contribution is 9.10. The van der Waals surface area contributed by atoms with Crippen molar-refractivity contribution in [3.05, 3.63) is 57.6 Å². The van der Waals surface area contributed by atoms with Gasteiger partial charge in [-0.1, -0.05) is 15.9 Å². The minimum Gasteiger partial charge on any atom is -0.456 e.